The molecule has 1 fully saturated rings. The Labute approximate surface area is 116 Å². The molecule has 1 saturated heterocycles. The Morgan fingerprint density at radius 3 is 2.42 bits per heavy atom. The molecule has 0 saturated carbocycles. The summed E-state index contributed by atoms with van der Waals surface area (Å²) in [5.74, 6) is -0.0169. The van der Waals surface area contributed by atoms with Crippen LogP contribution in [-0.4, -0.2) is 25.2 Å². The number of hydrogen-bond acceptors (Lipinski definition) is 2. The zero-order chi connectivity index (χ0) is 14.3. The summed E-state index contributed by atoms with van der Waals surface area (Å²) < 4.78 is 5.62. The van der Waals surface area contributed by atoms with Crippen LogP contribution in [0.4, 0.5) is 0 Å². The molecular weight excluding hydrogens is 238 g/mol. The van der Waals surface area contributed by atoms with Gasteiger partial charge in [-0.1, -0.05) is 58.0 Å². The molecule has 1 amide bonds. The van der Waals surface area contributed by atoms with Crippen LogP contribution in [-0.2, 0) is 16.0 Å². The van der Waals surface area contributed by atoms with E-state index in [1.54, 1.807) is 0 Å². The molecule has 0 bridgehead atoms. The largest absolute Gasteiger partial charge is 0.366 e. The Hall–Kier alpha value is -1.35. The van der Waals surface area contributed by atoms with Gasteiger partial charge in [-0.3, -0.25) is 4.79 Å². The second kappa shape index (κ2) is 7.29. The van der Waals surface area contributed by atoms with E-state index in [4.69, 9.17) is 4.74 Å². The number of amides is 1. The fourth-order valence-electron chi connectivity index (χ4n) is 2.23. The van der Waals surface area contributed by atoms with Crippen LogP contribution >= 0.6 is 0 Å². The highest BCUT2D eigenvalue weighted by molar-refractivity contribution is 5.77. The topological polar surface area (TPSA) is 38.3 Å². The summed E-state index contributed by atoms with van der Waals surface area (Å²) in [5, 5.41) is 2.86. The van der Waals surface area contributed by atoms with Gasteiger partial charge < -0.3 is 10.1 Å². The van der Waals surface area contributed by atoms with Crippen molar-refractivity contribution in [1.29, 1.82) is 0 Å². The third-order valence-electron chi connectivity index (χ3n) is 3.27. The van der Waals surface area contributed by atoms with Gasteiger partial charge in [-0.2, -0.15) is 0 Å². The normalized spacial score (nSPS) is 19.2. The Morgan fingerprint density at radius 1 is 1.26 bits per heavy atom. The number of ether oxygens (including phenoxy) is 1. The molecule has 1 atom stereocenters. The van der Waals surface area contributed by atoms with Crippen LogP contribution in [0.3, 0.4) is 0 Å². The van der Waals surface area contributed by atoms with Crippen LogP contribution in [0.2, 0.25) is 0 Å². The van der Waals surface area contributed by atoms with E-state index in [2.05, 4.69) is 43.4 Å². The zero-order valence-corrected chi connectivity index (χ0v) is 12.4. The maximum Gasteiger partial charge on any atom is 0.246 e. The third-order valence-corrected chi connectivity index (χ3v) is 3.27. The van der Waals surface area contributed by atoms with Crippen molar-refractivity contribution in [3.63, 3.8) is 0 Å². The minimum atomic E-state index is -0.0169. The van der Waals surface area contributed by atoms with Crippen molar-refractivity contribution < 1.29 is 9.53 Å². The number of carbonyl (C=O) groups is 1. The molecule has 3 heteroatoms. The van der Waals surface area contributed by atoms with E-state index in [1.165, 1.54) is 5.56 Å². The Balaban J connectivity index is 0.000000861. The van der Waals surface area contributed by atoms with Gasteiger partial charge in [-0.15, -0.1) is 0 Å². The van der Waals surface area contributed by atoms with E-state index >= 15 is 0 Å². The molecule has 1 N–H and O–H groups in total. The lowest BCUT2D eigenvalue weighted by Gasteiger charge is -2.36. The predicted molar refractivity (Wildman–Crippen MR) is 78.0 cm³/mol. The van der Waals surface area contributed by atoms with Gasteiger partial charge in [-0.25, -0.2) is 0 Å². The number of rotatable bonds is 3. The first kappa shape index (κ1) is 15.7. The number of carbonyl (C=O) groups excluding carboxylic acids is 1. The summed E-state index contributed by atoms with van der Waals surface area (Å²) in [6.45, 7) is 9.16. The van der Waals surface area contributed by atoms with Gasteiger partial charge in [0.05, 0.1) is 6.10 Å². The lowest BCUT2D eigenvalue weighted by atomic mass is 9.80. The minimum absolute atomic E-state index is 0.0169. The summed E-state index contributed by atoms with van der Waals surface area (Å²) in [5.41, 5.74) is 1.33. The molecule has 1 unspecified atom stereocenters. The van der Waals surface area contributed by atoms with E-state index in [9.17, 15) is 4.79 Å². The Kier molecular flexibility index (Phi) is 6.03. The van der Waals surface area contributed by atoms with E-state index in [-0.39, 0.29) is 24.0 Å². The average Bonchev–Trinajstić information content (AvgIpc) is 2.42. The molecule has 1 heterocycles. The summed E-state index contributed by atoms with van der Waals surface area (Å²) in [6, 6.07) is 10.4. The lowest BCUT2D eigenvalue weighted by Crippen LogP contribution is -2.50. The van der Waals surface area contributed by atoms with Gasteiger partial charge in [0.1, 0.15) is 6.61 Å². The van der Waals surface area contributed by atoms with Crippen molar-refractivity contribution in [3.05, 3.63) is 35.9 Å². The average molecular weight is 263 g/mol. The van der Waals surface area contributed by atoms with Crippen LogP contribution in [0.1, 0.15) is 33.3 Å². The maximum absolute atomic E-state index is 11.1. The number of morpholine rings is 1. The van der Waals surface area contributed by atoms with Crippen molar-refractivity contribution >= 4 is 5.91 Å². The van der Waals surface area contributed by atoms with Crippen molar-refractivity contribution in [3.8, 4) is 0 Å². The monoisotopic (exact) mass is 263 g/mol. The Bertz CT molecular complexity index is 377. The summed E-state index contributed by atoms with van der Waals surface area (Å²) in [4.78, 5) is 11.1. The molecule has 2 rings (SSSR count). The SMILES string of the molecule is CC.CC(C)(Cc1ccccc1)C1CNC(=O)CO1. The van der Waals surface area contributed by atoms with Gasteiger partial charge in [0.25, 0.3) is 0 Å². The van der Waals surface area contributed by atoms with Crippen molar-refractivity contribution in [2.24, 2.45) is 5.41 Å². The van der Waals surface area contributed by atoms with Crippen molar-refractivity contribution in [2.75, 3.05) is 13.2 Å². The molecule has 0 aromatic heterocycles. The quantitative estimate of drug-likeness (QED) is 0.910. The van der Waals surface area contributed by atoms with Crippen LogP contribution < -0.4 is 5.32 Å². The van der Waals surface area contributed by atoms with Gasteiger partial charge >= 0.3 is 0 Å². The number of benzene rings is 1. The van der Waals surface area contributed by atoms with Crippen LogP contribution in [0.5, 0.6) is 0 Å². The van der Waals surface area contributed by atoms with E-state index in [0.29, 0.717) is 6.54 Å². The van der Waals surface area contributed by atoms with Gasteiger partial charge in [0, 0.05) is 6.54 Å². The summed E-state index contributed by atoms with van der Waals surface area (Å²) in [6.07, 6.45) is 1.04. The molecular formula is C16H25NO2. The highest BCUT2D eigenvalue weighted by Gasteiger charge is 2.33. The third kappa shape index (κ3) is 4.67. The van der Waals surface area contributed by atoms with Gasteiger partial charge in [-0.05, 0) is 17.4 Å². The number of nitrogens with one attached hydrogen (secondary N) is 1. The highest BCUT2D eigenvalue weighted by Crippen LogP contribution is 2.29. The zero-order valence-electron chi connectivity index (χ0n) is 12.4. The molecule has 3 nitrogen and oxygen atoms in total. The summed E-state index contributed by atoms with van der Waals surface area (Å²) in [7, 11) is 0. The van der Waals surface area contributed by atoms with Gasteiger partial charge in [0.2, 0.25) is 5.91 Å². The molecule has 0 aliphatic carbocycles. The standard InChI is InChI=1S/C14H19NO2.C2H6/c1-14(2,8-11-6-4-3-5-7-11)12-9-15-13(16)10-17-12;1-2/h3-7,12H,8-10H2,1-2H3,(H,15,16);1-2H3. The molecule has 19 heavy (non-hydrogen) atoms. The number of hydrogen-bond donors (Lipinski definition) is 1. The second-order valence-corrected chi connectivity index (χ2v) is 5.25. The molecule has 1 aromatic carbocycles. The molecule has 1 aliphatic heterocycles. The highest BCUT2D eigenvalue weighted by atomic mass is 16.5. The second-order valence-electron chi connectivity index (χ2n) is 5.25. The summed E-state index contributed by atoms with van der Waals surface area (Å²) >= 11 is 0. The first-order valence-corrected chi connectivity index (χ1v) is 7.00. The molecule has 1 aliphatic rings. The van der Waals surface area contributed by atoms with Gasteiger partial charge in [0.15, 0.2) is 0 Å². The minimum Gasteiger partial charge on any atom is -0.366 e. The molecule has 106 valence electrons. The fraction of sp³-hybridized carbons (Fsp3) is 0.562. The first-order valence-electron chi connectivity index (χ1n) is 7.00. The van der Waals surface area contributed by atoms with Crippen LogP contribution in [0.15, 0.2) is 30.3 Å². The fourth-order valence-corrected chi connectivity index (χ4v) is 2.23. The maximum atomic E-state index is 11.1. The Morgan fingerprint density at radius 2 is 1.89 bits per heavy atom. The molecule has 0 spiro atoms. The lowest BCUT2D eigenvalue weighted by molar-refractivity contribution is -0.138. The van der Waals surface area contributed by atoms with Crippen molar-refractivity contribution in [1.82, 2.24) is 5.32 Å². The van der Waals surface area contributed by atoms with Crippen LogP contribution in [0, 0.1) is 5.41 Å². The van der Waals surface area contributed by atoms with E-state index < -0.39 is 0 Å². The first-order chi connectivity index (χ1) is 9.08. The molecule has 0 radical (unpaired) electrons. The predicted octanol–water partition coefficient (Wildman–Crippen LogP) is 2.80. The smallest absolute Gasteiger partial charge is 0.246 e. The van der Waals surface area contributed by atoms with Crippen molar-refractivity contribution in [2.45, 2.75) is 40.2 Å². The molecule has 1 aromatic rings. The van der Waals surface area contributed by atoms with E-state index in [0.717, 1.165) is 6.42 Å². The van der Waals surface area contributed by atoms with E-state index in [1.807, 2.05) is 19.9 Å². The van der Waals surface area contributed by atoms with Crippen LogP contribution in [0.25, 0.3) is 0 Å².